The summed E-state index contributed by atoms with van der Waals surface area (Å²) in [5.41, 5.74) is 0.522. The zero-order valence-electron chi connectivity index (χ0n) is 22.0. The second-order valence-corrected chi connectivity index (χ2v) is 13.0. The zero-order chi connectivity index (χ0) is 26.9. The Hall–Kier alpha value is -2.73. The lowest BCUT2D eigenvalue weighted by Gasteiger charge is -2.40. The molecule has 1 aromatic carbocycles. The third kappa shape index (κ3) is 5.38. The van der Waals surface area contributed by atoms with Crippen molar-refractivity contribution in [3.63, 3.8) is 0 Å². The molecule has 4 heterocycles. The average molecular weight is 548 g/mol. The summed E-state index contributed by atoms with van der Waals surface area (Å²) in [6.07, 6.45) is 6.51. The van der Waals surface area contributed by atoms with Crippen molar-refractivity contribution < 1.29 is 22.9 Å². The minimum absolute atomic E-state index is 0.0515. The van der Waals surface area contributed by atoms with Crippen LogP contribution in [0.5, 0.6) is 0 Å². The predicted molar refractivity (Wildman–Crippen MR) is 142 cm³/mol. The number of likely N-dealkylation sites (tertiary alicyclic amines) is 1. The number of carbonyl (C=O) groups excluding carboxylic acids is 2. The summed E-state index contributed by atoms with van der Waals surface area (Å²) in [4.78, 5) is 40.6. The molecule has 4 aliphatic heterocycles. The van der Waals surface area contributed by atoms with Gasteiger partial charge in [-0.2, -0.15) is 4.31 Å². The predicted octanol–water partition coefficient (Wildman–Crippen LogP) is 2.26. The van der Waals surface area contributed by atoms with Gasteiger partial charge < -0.3 is 15.5 Å². The Bertz CT molecular complexity index is 1150. The fraction of sp³-hybridized carbons (Fsp3) is 0.692. The van der Waals surface area contributed by atoms with Crippen molar-refractivity contribution in [2.45, 2.75) is 55.9 Å². The molecule has 4 fully saturated rings. The summed E-state index contributed by atoms with van der Waals surface area (Å²) in [7, 11) is -2.11. The lowest BCUT2D eigenvalue weighted by atomic mass is 9.75. The van der Waals surface area contributed by atoms with Crippen LogP contribution in [-0.4, -0.2) is 91.8 Å². The number of nitrogens with one attached hydrogen (secondary N) is 2. The topological polar surface area (TPSA) is 122 Å². The number of piperidine rings is 3. The van der Waals surface area contributed by atoms with Crippen molar-refractivity contribution in [1.82, 2.24) is 19.5 Å². The highest BCUT2D eigenvalue weighted by Gasteiger charge is 2.54. The zero-order valence-corrected chi connectivity index (χ0v) is 22.9. The van der Waals surface area contributed by atoms with Gasteiger partial charge in [-0.25, -0.2) is 13.2 Å². The van der Waals surface area contributed by atoms with E-state index in [1.807, 2.05) is 9.91 Å². The number of rotatable bonds is 5. The van der Waals surface area contributed by atoms with E-state index in [2.05, 4.69) is 10.6 Å². The number of carbonyl (C=O) groups is 2. The molecule has 4 saturated heterocycles. The van der Waals surface area contributed by atoms with Gasteiger partial charge in [-0.15, -0.1) is 5.01 Å². The molecule has 3 atom stereocenters. The van der Waals surface area contributed by atoms with E-state index in [9.17, 15) is 22.9 Å². The van der Waals surface area contributed by atoms with Crippen LogP contribution < -0.4 is 10.6 Å². The van der Waals surface area contributed by atoms with Crippen molar-refractivity contribution >= 4 is 27.6 Å². The molecule has 3 unspecified atom stereocenters. The summed E-state index contributed by atoms with van der Waals surface area (Å²) in [5, 5.41) is 6.96. The SMILES string of the molecule is CNC(=O)Nc1ccc(S(=O)(=O)N2CCC(C3CCN4C(C3)C(C(=O)N3CCCCC3)C[N+]4=O)CC2)cc1. The molecule has 0 bridgehead atoms. The van der Waals surface area contributed by atoms with Crippen LogP contribution in [0.1, 0.15) is 44.9 Å². The maximum absolute atomic E-state index is 13.3. The first kappa shape index (κ1) is 26.9. The molecule has 0 radical (unpaired) electrons. The highest BCUT2D eigenvalue weighted by molar-refractivity contribution is 7.89. The number of anilines is 1. The molecule has 2 N–H and O–H groups in total. The van der Waals surface area contributed by atoms with Gasteiger partial charge in [-0.1, -0.05) is 0 Å². The molecule has 5 rings (SSSR count). The highest BCUT2D eigenvalue weighted by Crippen LogP contribution is 2.40. The van der Waals surface area contributed by atoms with E-state index in [0.717, 1.165) is 62.9 Å². The number of nitroso groups, excluding NO2 is 1. The van der Waals surface area contributed by atoms with Crippen LogP contribution in [0.2, 0.25) is 0 Å². The molecule has 0 spiro atoms. The maximum Gasteiger partial charge on any atom is 0.318 e. The third-order valence-corrected chi connectivity index (χ3v) is 10.8. The molecule has 38 heavy (non-hydrogen) atoms. The van der Waals surface area contributed by atoms with Crippen molar-refractivity contribution in [3.8, 4) is 0 Å². The molecule has 0 saturated carbocycles. The van der Waals surface area contributed by atoms with Crippen LogP contribution in [0.4, 0.5) is 10.5 Å². The molecule has 12 heteroatoms. The van der Waals surface area contributed by atoms with E-state index in [-0.39, 0.29) is 35.3 Å². The molecular formula is C26H39N6O5S+. The molecule has 11 nitrogen and oxygen atoms in total. The van der Waals surface area contributed by atoms with E-state index in [1.54, 1.807) is 16.4 Å². The van der Waals surface area contributed by atoms with Gasteiger partial charge in [0.05, 0.1) is 16.3 Å². The fourth-order valence-electron chi connectivity index (χ4n) is 6.72. The molecule has 0 aromatic heterocycles. The van der Waals surface area contributed by atoms with Gasteiger partial charge in [0.2, 0.25) is 22.5 Å². The normalized spacial score (nSPS) is 27.2. The Morgan fingerprint density at radius 3 is 2.24 bits per heavy atom. The van der Waals surface area contributed by atoms with Gasteiger partial charge in [0, 0.05) is 38.9 Å². The van der Waals surface area contributed by atoms with Crippen molar-refractivity contribution in [1.29, 1.82) is 0 Å². The summed E-state index contributed by atoms with van der Waals surface area (Å²) >= 11 is 0. The van der Waals surface area contributed by atoms with Gasteiger partial charge in [0.1, 0.15) is 16.8 Å². The Morgan fingerprint density at radius 2 is 1.58 bits per heavy atom. The number of amides is 3. The lowest BCUT2D eigenvalue weighted by Crippen LogP contribution is -2.49. The number of fused-ring (bicyclic) bond motifs is 1. The van der Waals surface area contributed by atoms with Crippen LogP contribution in [0.3, 0.4) is 0 Å². The number of urea groups is 1. The van der Waals surface area contributed by atoms with Gasteiger partial charge in [0.25, 0.3) is 0 Å². The first-order valence-corrected chi connectivity index (χ1v) is 15.3. The molecule has 3 amide bonds. The molecule has 208 valence electrons. The van der Waals surface area contributed by atoms with Gasteiger partial charge in [0.15, 0.2) is 0 Å². The monoisotopic (exact) mass is 547 g/mol. The van der Waals surface area contributed by atoms with Gasteiger partial charge in [-0.05, 0) is 81.0 Å². The van der Waals surface area contributed by atoms with Crippen LogP contribution >= 0.6 is 0 Å². The molecule has 0 aliphatic carbocycles. The second kappa shape index (κ2) is 11.2. The van der Waals surface area contributed by atoms with E-state index in [0.29, 0.717) is 37.2 Å². The van der Waals surface area contributed by atoms with E-state index in [4.69, 9.17) is 0 Å². The molecular weight excluding hydrogens is 508 g/mol. The van der Waals surface area contributed by atoms with E-state index >= 15 is 0 Å². The maximum atomic E-state index is 13.3. The minimum Gasteiger partial charge on any atom is -0.342 e. The highest BCUT2D eigenvalue weighted by atomic mass is 32.2. The first-order chi connectivity index (χ1) is 18.3. The third-order valence-electron chi connectivity index (χ3n) is 8.89. The van der Waals surface area contributed by atoms with Crippen LogP contribution in [0, 0.1) is 22.7 Å². The standard InChI is InChI=1S/C26H38N6O5S/c1-27-26(34)28-21-5-7-22(8-6-21)38(36,37)30-14-9-19(10-15-30)20-11-16-31-24(17-20)23(18-32(31)35)25(33)29-12-3-2-4-13-29/h5-8,19-20,23-24H,2-4,9-18H2,1H3,(H-,27,28,34)/p+1. The van der Waals surface area contributed by atoms with Crippen molar-refractivity contribution in [2.75, 3.05) is 51.6 Å². The fourth-order valence-corrected chi connectivity index (χ4v) is 8.19. The number of hydrazine groups is 1. The van der Waals surface area contributed by atoms with Crippen molar-refractivity contribution in [3.05, 3.63) is 29.2 Å². The average Bonchev–Trinajstić information content (AvgIpc) is 3.29. The second-order valence-electron chi connectivity index (χ2n) is 11.0. The Labute approximate surface area is 224 Å². The van der Waals surface area contributed by atoms with Crippen LogP contribution in [-0.2, 0) is 14.8 Å². The van der Waals surface area contributed by atoms with Gasteiger partial charge in [-0.3, -0.25) is 4.79 Å². The smallest absolute Gasteiger partial charge is 0.318 e. The number of sulfonamides is 1. The number of hydrogen-bond acceptors (Lipinski definition) is 5. The van der Waals surface area contributed by atoms with Crippen LogP contribution in [0.15, 0.2) is 29.2 Å². The Morgan fingerprint density at radius 1 is 0.921 bits per heavy atom. The largest absolute Gasteiger partial charge is 0.342 e. The van der Waals surface area contributed by atoms with E-state index in [1.165, 1.54) is 19.2 Å². The summed E-state index contributed by atoms with van der Waals surface area (Å²) in [5.74, 6) is 0.638. The number of nitrogens with zero attached hydrogens (tertiary/aromatic N) is 4. The Kier molecular flexibility index (Phi) is 7.90. The minimum atomic E-state index is -3.62. The first-order valence-electron chi connectivity index (χ1n) is 13.9. The Balaban J connectivity index is 1.18. The summed E-state index contributed by atoms with van der Waals surface area (Å²) in [6, 6.07) is 5.81. The van der Waals surface area contributed by atoms with Gasteiger partial charge >= 0.3 is 6.03 Å². The van der Waals surface area contributed by atoms with Crippen LogP contribution in [0.25, 0.3) is 0 Å². The summed E-state index contributed by atoms with van der Waals surface area (Å²) in [6.45, 7) is 3.42. The van der Waals surface area contributed by atoms with E-state index < -0.39 is 10.0 Å². The molecule has 4 aliphatic rings. The number of benzene rings is 1. The van der Waals surface area contributed by atoms with Crippen molar-refractivity contribution in [2.24, 2.45) is 17.8 Å². The number of hydrogen-bond donors (Lipinski definition) is 2. The summed E-state index contributed by atoms with van der Waals surface area (Å²) < 4.78 is 28.1. The quantitative estimate of drug-likeness (QED) is 0.546. The lowest BCUT2D eigenvalue weighted by molar-refractivity contribution is -0.692. The molecule has 1 aromatic rings.